The number of hydrogen-bond donors (Lipinski definition) is 1. The Morgan fingerprint density at radius 2 is 1.82 bits per heavy atom. The molecule has 1 saturated heterocycles. The molecular weight excluding hydrogens is 488 g/mol. The molecule has 0 aliphatic carbocycles. The van der Waals surface area contributed by atoms with E-state index in [2.05, 4.69) is 59.6 Å². The molecular formula is C30H36N8O. The van der Waals surface area contributed by atoms with Crippen LogP contribution in [0.15, 0.2) is 30.6 Å². The van der Waals surface area contributed by atoms with Crippen LogP contribution in [-0.2, 0) is 18.9 Å². The third-order valence-electron chi connectivity index (χ3n) is 7.47. The summed E-state index contributed by atoms with van der Waals surface area (Å²) in [6.07, 6.45) is 3.74. The first-order chi connectivity index (χ1) is 18.5. The van der Waals surface area contributed by atoms with E-state index in [0.717, 1.165) is 54.0 Å². The number of anilines is 1. The molecule has 4 aromatic rings. The standard InChI is InChI=1S/C30H36N8O/c1-19-7-8-20(16-25(39)24-17-26(30(2,3)4)35-37(24)6)15-21(19)9-10-23-27-28(31)32-18-33-29(27)38(34-23)22-11-13-36(5)14-12-22/h7-8,15,17-18,22H,11-14,16H2,1-6H3,(H2,31,32,33). The number of piperidine rings is 1. The molecule has 0 spiro atoms. The predicted molar refractivity (Wildman–Crippen MR) is 153 cm³/mol. The fraction of sp³-hybridized carbons (Fsp3) is 0.433. The Morgan fingerprint density at radius 3 is 2.51 bits per heavy atom. The van der Waals surface area contributed by atoms with Crippen molar-refractivity contribution in [2.75, 3.05) is 25.9 Å². The van der Waals surface area contributed by atoms with Crippen LogP contribution < -0.4 is 5.73 Å². The topological polar surface area (TPSA) is 108 Å². The number of carbonyl (C=O) groups excluding carboxylic acids is 1. The van der Waals surface area contributed by atoms with Crippen molar-refractivity contribution < 1.29 is 4.79 Å². The van der Waals surface area contributed by atoms with E-state index >= 15 is 0 Å². The Balaban J connectivity index is 1.44. The highest BCUT2D eigenvalue weighted by molar-refractivity contribution is 5.96. The van der Waals surface area contributed by atoms with Gasteiger partial charge in [-0.2, -0.15) is 10.2 Å². The van der Waals surface area contributed by atoms with E-state index in [9.17, 15) is 4.79 Å². The number of likely N-dealkylation sites (tertiary alicyclic amines) is 1. The van der Waals surface area contributed by atoms with Gasteiger partial charge in [-0.05, 0) is 69.1 Å². The highest BCUT2D eigenvalue weighted by Crippen LogP contribution is 2.28. The Morgan fingerprint density at radius 1 is 1.08 bits per heavy atom. The summed E-state index contributed by atoms with van der Waals surface area (Å²) in [5.41, 5.74) is 11.7. The van der Waals surface area contributed by atoms with Crippen molar-refractivity contribution in [1.82, 2.24) is 34.4 Å². The minimum atomic E-state index is -0.123. The van der Waals surface area contributed by atoms with E-state index in [1.165, 1.54) is 6.33 Å². The second-order valence-corrected chi connectivity index (χ2v) is 11.6. The number of hydrogen-bond acceptors (Lipinski definition) is 7. The zero-order valence-electron chi connectivity index (χ0n) is 23.6. The molecule has 0 radical (unpaired) electrons. The maximum atomic E-state index is 13.2. The lowest BCUT2D eigenvalue weighted by Gasteiger charge is -2.29. The van der Waals surface area contributed by atoms with Crippen LogP contribution in [0.5, 0.6) is 0 Å². The molecule has 0 unspecified atom stereocenters. The van der Waals surface area contributed by atoms with Gasteiger partial charge in [-0.15, -0.1) is 0 Å². The number of aryl methyl sites for hydroxylation is 2. The third-order valence-corrected chi connectivity index (χ3v) is 7.47. The molecule has 1 aromatic carbocycles. The molecule has 0 bridgehead atoms. The molecule has 1 aliphatic heterocycles. The lowest BCUT2D eigenvalue weighted by molar-refractivity contribution is 0.0984. The number of nitrogens with zero attached hydrogens (tertiary/aromatic N) is 7. The number of rotatable bonds is 4. The Kier molecular flexibility index (Phi) is 7.00. The molecule has 9 heteroatoms. The van der Waals surface area contributed by atoms with Crippen LogP contribution in [0.3, 0.4) is 0 Å². The average Bonchev–Trinajstić information content (AvgIpc) is 3.46. The number of carbonyl (C=O) groups is 1. The molecule has 0 amide bonds. The van der Waals surface area contributed by atoms with E-state index in [1.807, 2.05) is 42.9 Å². The molecule has 0 atom stereocenters. The van der Waals surface area contributed by atoms with Crippen LogP contribution in [0.1, 0.15) is 78.2 Å². The number of nitrogens with two attached hydrogens (primary N) is 1. The summed E-state index contributed by atoms with van der Waals surface area (Å²) in [5.74, 6) is 6.93. The highest BCUT2D eigenvalue weighted by atomic mass is 16.1. The maximum Gasteiger partial charge on any atom is 0.185 e. The molecule has 9 nitrogen and oxygen atoms in total. The van der Waals surface area contributed by atoms with Gasteiger partial charge in [0, 0.05) is 24.4 Å². The van der Waals surface area contributed by atoms with Gasteiger partial charge < -0.3 is 10.6 Å². The van der Waals surface area contributed by atoms with Crippen molar-refractivity contribution in [1.29, 1.82) is 0 Å². The first-order valence-corrected chi connectivity index (χ1v) is 13.4. The zero-order valence-corrected chi connectivity index (χ0v) is 23.6. The van der Waals surface area contributed by atoms with Gasteiger partial charge in [0.25, 0.3) is 0 Å². The van der Waals surface area contributed by atoms with E-state index in [0.29, 0.717) is 22.6 Å². The van der Waals surface area contributed by atoms with Crippen molar-refractivity contribution in [3.63, 3.8) is 0 Å². The molecule has 202 valence electrons. The number of ketones is 1. The van der Waals surface area contributed by atoms with Crippen molar-refractivity contribution >= 4 is 22.6 Å². The van der Waals surface area contributed by atoms with Crippen molar-refractivity contribution in [3.05, 3.63) is 64.4 Å². The quantitative estimate of drug-likeness (QED) is 0.319. The molecule has 2 N–H and O–H groups in total. The summed E-state index contributed by atoms with van der Waals surface area (Å²) in [5, 5.41) is 10.1. The summed E-state index contributed by atoms with van der Waals surface area (Å²) in [7, 11) is 3.96. The van der Waals surface area contributed by atoms with Gasteiger partial charge in [0.15, 0.2) is 11.4 Å². The number of nitrogen functional groups attached to an aromatic ring is 1. The molecule has 5 rings (SSSR count). The van der Waals surface area contributed by atoms with Crippen molar-refractivity contribution in [2.24, 2.45) is 7.05 Å². The number of fused-ring (bicyclic) bond motifs is 1. The summed E-state index contributed by atoms with van der Waals surface area (Å²) in [6, 6.07) is 8.11. The van der Waals surface area contributed by atoms with Gasteiger partial charge >= 0.3 is 0 Å². The van der Waals surface area contributed by atoms with Gasteiger partial charge in [-0.25, -0.2) is 14.6 Å². The van der Waals surface area contributed by atoms with Crippen LogP contribution in [0, 0.1) is 18.8 Å². The molecule has 3 aromatic heterocycles. The number of benzene rings is 1. The van der Waals surface area contributed by atoms with Gasteiger partial charge in [0.05, 0.1) is 17.1 Å². The first-order valence-electron chi connectivity index (χ1n) is 13.4. The van der Waals surface area contributed by atoms with Gasteiger partial charge in [0.1, 0.15) is 23.5 Å². The second-order valence-electron chi connectivity index (χ2n) is 11.6. The van der Waals surface area contributed by atoms with Gasteiger partial charge in [0.2, 0.25) is 0 Å². The summed E-state index contributed by atoms with van der Waals surface area (Å²) in [4.78, 5) is 24.2. The van der Waals surface area contributed by atoms with Crippen LogP contribution >= 0.6 is 0 Å². The fourth-order valence-corrected chi connectivity index (χ4v) is 4.99. The lowest BCUT2D eigenvalue weighted by Crippen LogP contribution is -2.32. The Hall–Kier alpha value is -4.03. The predicted octanol–water partition coefficient (Wildman–Crippen LogP) is 3.84. The first kappa shape index (κ1) is 26.6. The summed E-state index contributed by atoms with van der Waals surface area (Å²) < 4.78 is 3.65. The summed E-state index contributed by atoms with van der Waals surface area (Å²) in [6.45, 7) is 10.3. The molecule has 39 heavy (non-hydrogen) atoms. The van der Waals surface area contributed by atoms with E-state index in [4.69, 9.17) is 10.8 Å². The van der Waals surface area contributed by atoms with E-state index in [-0.39, 0.29) is 23.7 Å². The van der Waals surface area contributed by atoms with Gasteiger partial charge in [-0.3, -0.25) is 9.48 Å². The maximum absolute atomic E-state index is 13.2. The van der Waals surface area contributed by atoms with Crippen LogP contribution in [0.2, 0.25) is 0 Å². The van der Waals surface area contributed by atoms with Crippen molar-refractivity contribution in [3.8, 4) is 11.8 Å². The lowest BCUT2D eigenvalue weighted by atomic mass is 9.92. The normalized spacial score (nSPS) is 14.9. The monoisotopic (exact) mass is 524 g/mol. The molecule has 4 heterocycles. The third kappa shape index (κ3) is 5.43. The smallest absolute Gasteiger partial charge is 0.185 e. The largest absolute Gasteiger partial charge is 0.383 e. The van der Waals surface area contributed by atoms with E-state index < -0.39 is 0 Å². The van der Waals surface area contributed by atoms with Crippen LogP contribution in [0.4, 0.5) is 5.82 Å². The minimum Gasteiger partial charge on any atom is -0.383 e. The Bertz CT molecular complexity index is 1600. The fourth-order valence-electron chi connectivity index (χ4n) is 4.99. The molecule has 1 fully saturated rings. The number of aromatic nitrogens is 6. The Labute approximate surface area is 229 Å². The summed E-state index contributed by atoms with van der Waals surface area (Å²) >= 11 is 0. The van der Waals surface area contributed by atoms with Crippen molar-refractivity contribution in [2.45, 2.75) is 58.4 Å². The van der Waals surface area contributed by atoms with Gasteiger partial charge in [-0.1, -0.05) is 38.8 Å². The second kappa shape index (κ2) is 10.3. The van der Waals surface area contributed by atoms with Crippen LogP contribution in [0.25, 0.3) is 11.0 Å². The average molecular weight is 525 g/mol. The highest BCUT2D eigenvalue weighted by Gasteiger charge is 2.24. The minimum absolute atomic E-state index is 0.0241. The zero-order chi connectivity index (χ0) is 27.9. The number of Topliss-reactive ketones (excluding diaryl/α,β-unsaturated/α-hetero) is 1. The molecule has 1 aliphatic rings. The molecule has 0 saturated carbocycles. The SMILES string of the molecule is Cc1ccc(CC(=O)c2cc(C(C)(C)C)nn2C)cc1C#Cc1nn(C2CCN(C)CC2)c2ncnc(N)c12. The van der Waals surface area contributed by atoms with E-state index in [1.54, 1.807) is 4.68 Å². The van der Waals surface area contributed by atoms with Crippen LogP contribution in [-0.4, -0.2) is 60.3 Å².